The molecule has 0 radical (unpaired) electrons. The normalized spacial score (nSPS) is 16.6. The first-order chi connectivity index (χ1) is 9.79. The molecular formula is C16H24N2O2. The molecule has 1 aliphatic rings. The molecule has 20 heavy (non-hydrogen) atoms. The summed E-state index contributed by atoms with van der Waals surface area (Å²) in [5.74, 6) is 4.97. The highest BCUT2D eigenvalue weighted by Crippen LogP contribution is 2.21. The van der Waals surface area contributed by atoms with Gasteiger partial charge in [0.05, 0.1) is 19.1 Å². The van der Waals surface area contributed by atoms with Crippen molar-refractivity contribution in [1.29, 1.82) is 0 Å². The van der Waals surface area contributed by atoms with E-state index in [1.165, 1.54) is 25.7 Å². The van der Waals surface area contributed by atoms with Gasteiger partial charge in [0.2, 0.25) is 5.91 Å². The Morgan fingerprint density at radius 3 is 2.45 bits per heavy atom. The first-order valence-electron chi connectivity index (χ1n) is 7.47. The number of benzene rings is 1. The Kier molecular flexibility index (Phi) is 6.02. The molecule has 110 valence electrons. The van der Waals surface area contributed by atoms with E-state index in [-0.39, 0.29) is 5.91 Å². The van der Waals surface area contributed by atoms with Crippen LogP contribution in [0.15, 0.2) is 24.3 Å². The van der Waals surface area contributed by atoms with E-state index in [0.29, 0.717) is 19.1 Å². The minimum Gasteiger partial charge on any atom is -0.374 e. The Balaban J connectivity index is 1.92. The standard InChI is InChI=1S/C16H24N2O2/c17-18-16(19)11-13-7-5-6-8-14(13)12-20-15-9-3-1-2-4-10-15/h5-8,15H,1-4,9-12,17H2,(H,18,19). The second-order valence-corrected chi connectivity index (χ2v) is 5.44. The van der Waals surface area contributed by atoms with Crippen molar-refractivity contribution in [1.82, 2.24) is 5.43 Å². The largest absolute Gasteiger partial charge is 0.374 e. The maximum absolute atomic E-state index is 11.4. The fraction of sp³-hybridized carbons (Fsp3) is 0.562. The van der Waals surface area contributed by atoms with Crippen molar-refractivity contribution in [2.75, 3.05) is 0 Å². The van der Waals surface area contributed by atoms with Gasteiger partial charge in [0.15, 0.2) is 0 Å². The molecule has 0 bridgehead atoms. The number of hydrazine groups is 1. The van der Waals surface area contributed by atoms with Crippen LogP contribution in [0.1, 0.15) is 49.7 Å². The molecule has 1 amide bonds. The molecule has 0 aromatic heterocycles. The number of hydrogen-bond donors (Lipinski definition) is 2. The lowest BCUT2D eigenvalue weighted by molar-refractivity contribution is -0.120. The van der Waals surface area contributed by atoms with Crippen LogP contribution in [-0.2, 0) is 22.6 Å². The summed E-state index contributed by atoms with van der Waals surface area (Å²) in [4.78, 5) is 11.4. The van der Waals surface area contributed by atoms with E-state index in [0.717, 1.165) is 24.0 Å². The minimum atomic E-state index is -0.174. The molecule has 0 heterocycles. The smallest absolute Gasteiger partial charge is 0.238 e. The summed E-state index contributed by atoms with van der Waals surface area (Å²) in [6, 6.07) is 7.90. The summed E-state index contributed by atoms with van der Waals surface area (Å²) < 4.78 is 6.04. The first kappa shape index (κ1) is 15.0. The van der Waals surface area contributed by atoms with Gasteiger partial charge in [-0.15, -0.1) is 0 Å². The van der Waals surface area contributed by atoms with E-state index in [2.05, 4.69) is 5.43 Å². The zero-order valence-electron chi connectivity index (χ0n) is 11.9. The predicted molar refractivity (Wildman–Crippen MR) is 78.8 cm³/mol. The number of ether oxygens (including phenoxy) is 1. The SMILES string of the molecule is NNC(=O)Cc1ccccc1COC1CCCCCC1. The molecule has 1 aromatic carbocycles. The Hall–Kier alpha value is -1.39. The van der Waals surface area contributed by atoms with Gasteiger partial charge in [-0.2, -0.15) is 0 Å². The van der Waals surface area contributed by atoms with Crippen molar-refractivity contribution in [2.24, 2.45) is 5.84 Å². The summed E-state index contributed by atoms with van der Waals surface area (Å²) in [6.45, 7) is 0.582. The van der Waals surface area contributed by atoms with Gasteiger partial charge in [-0.25, -0.2) is 5.84 Å². The van der Waals surface area contributed by atoms with E-state index in [4.69, 9.17) is 10.6 Å². The third-order valence-electron chi connectivity index (χ3n) is 3.91. The highest BCUT2D eigenvalue weighted by molar-refractivity contribution is 5.78. The van der Waals surface area contributed by atoms with Gasteiger partial charge in [-0.1, -0.05) is 49.9 Å². The molecule has 1 saturated carbocycles. The van der Waals surface area contributed by atoms with Gasteiger partial charge in [0.1, 0.15) is 0 Å². The summed E-state index contributed by atoms with van der Waals surface area (Å²) in [6.07, 6.45) is 8.18. The molecule has 0 spiro atoms. The number of nitrogens with two attached hydrogens (primary N) is 1. The minimum absolute atomic E-state index is 0.174. The molecular weight excluding hydrogens is 252 g/mol. The lowest BCUT2D eigenvalue weighted by Crippen LogP contribution is -2.31. The zero-order valence-corrected chi connectivity index (χ0v) is 11.9. The van der Waals surface area contributed by atoms with E-state index < -0.39 is 0 Å². The molecule has 0 saturated heterocycles. The van der Waals surface area contributed by atoms with Crippen molar-refractivity contribution >= 4 is 5.91 Å². The second-order valence-electron chi connectivity index (χ2n) is 5.44. The van der Waals surface area contributed by atoms with Crippen LogP contribution in [0.2, 0.25) is 0 Å². The van der Waals surface area contributed by atoms with Gasteiger partial charge in [-0.3, -0.25) is 10.2 Å². The van der Waals surface area contributed by atoms with Crippen molar-refractivity contribution in [2.45, 2.75) is 57.7 Å². The second kappa shape index (κ2) is 8.02. The summed E-state index contributed by atoms with van der Waals surface area (Å²) in [7, 11) is 0. The van der Waals surface area contributed by atoms with Crippen LogP contribution in [-0.4, -0.2) is 12.0 Å². The van der Waals surface area contributed by atoms with Crippen LogP contribution in [0.25, 0.3) is 0 Å². The number of nitrogens with one attached hydrogen (secondary N) is 1. The maximum atomic E-state index is 11.4. The maximum Gasteiger partial charge on any atom is 0.238 e. The lowest BCUT2D eigenvalue weighted by Gasteiger charge is -2.17. The Labute approximate surface area is 120 Å². The molecule has 0 aliphatic heterocycles. The summed E-state index contributed by atoms with van der Waals surface area (Å²) in [5.41, 5.74) is 4.25. The summed E-state index contributed by atoms with van der Waals surface area (Å²) in [5, 5.41) is 0. The van der Waals surface area contributed by atoms with Crippen molar-refractivity contribution in [3.05, 3.63) is 35.4 Å². The highest BCUT2D eigenvalue weighted by Gasteiger charge is 2.14. The number of amides is 1. The molecule has 1 aliphatic carbocycles. The first-order valence-corrected chi connectivity index (χ1v) is 7.47. The average Bonchev–Trinajstić information content (AvgIpc) is 2.75. The Morgan fingerprint density at radius 1 is 1.15 bits per heavy atom. The fourth-order valence-corrected chi connectivity index (χ4v) is 2.71. The average molecular weight is 276 g/mol. The quantitative estimate of drug-likeness (QED) is 0.376. The van der Waals surface area contributed by atoms with Crippen molar-refractivity contribution < 1.29 is 9.53 Å². The molecule has 1 aromatic rings. The van der Waals surface area contributed by atoms with E-state index in [9.17, 15) is 4.79 Å². The predicted octanol–water partition coefficient (Wildman–Crippen LogP) is 2.46. The van der Waals surface area contributed by atoms with Gasteiger partial charge in [-0.05, 0) is 24.0 Å². The van der Waals surface area contributed by atoms with E-state index in [1.54, 1.807) is 0 Å². The Morgan fingerprint density at radius 2 is 1.80 bits per heavy atom. The lowest BCUT2D eigenvalue weighted by atomic mass is 10.0. The van der Waals surface area contributed by atoms with Crippen molar-refractivity contribution in [3.63, 3.8) is 0 Å². The third kappa shape index (κ3) is 4.62. The van der Waals surface area contributed by atoms with Crippen LogP contribution in [0, 0.1) is 0 Å². The molecule has 4 heteroatoms. The molecule has 4 nitrogen and oxygen atoms in total. The zero-order chi connectivity index (χ0) is 14.2. The topological polar surface area (TPSA) is 64.3 Å². The van der Waals surface area contributed by atoms with E-state index in [1.807, 2.05) is 24.3 Å². The van der Waals surface area contributed by atoms with Crippen LogP contribution in [0.3, 0.4) is 0 Å². The fourth-order valence-electron chi connectivity index (χ4n) is 2.71. The van der Waals surface area contributed by atoms with Gasteiger partial charge >= 0.3 is 0 Å². The van der Waals surface area contributed by atoms with Crippen molar-refractivity contribution in [3.8, 4) is 0 Å². The third-order valence-corrected chi connectivity index (χ3v) is 3.91. The monoisotopic (exact) mass is 276 g/mol. The molecule has 3 N–H and O–H groups in total. The molecule has 1 fully saturated rings. The van der Waals surface area contributed by atoms with Crippen LogP contribution in [0.5, 0.6) is 0 Å². The van der Waals surface area contributed by atoms with Gasteiger partial charge in [0, 0.05) is 0 Å². The highest BCUT2D eigenvalue weighted by atomic mass is 16.5. The number of carbonyl (C=O) groups is 1. The molecule has 2 rings (SSSR count). The van der Waals surface area contributed by atoms with Gasteiger partial charge < -0.3 is 4.74 Å². The van der Waals surface area contributed by atoms with Crippen LogP contribution >= 0.6 is 0 Å². The van der Waals surface area contributed by atoms with E-state index >= 15 is 0 Å². The number of rotatable bonds is 5. The number of carbonyl (C=O) groups excluding carboxylic acids is 1. The number of hydrogen-bond acceptors (Lipinski definition) is 3. The van der Waals surface area contributed by atoms with Crippen LogP contribution < -0.4 is 11.3 Å². The summed E-state index contributed by atoms with van der Waals surface area (Å²) >= 11 is 0. The van der Waals surface area contributed by atoms with Gasteiger partial charge in [0.25, 0.3) is 0 Å². The molecule has 0 unspecified atom stereocenters. The van der Waals surface area contributed by atoms with Crippen LogP contribution in [0.4, 0.5) is 0 Å². The Bertz CT molecular complexity index is 426. The molecule has 0 atom stereocenters.